The molecule has 3 atom stereocenters. The zero-order chi connectivity index (χ0) is 10.6. The summed E-state index contributed by atoms with van der Waals surface area (Å²) in [5.41, 5.74) is 0.868. The Bertz CT molecular complexity index is 258. The first-order valence-corrected chi connectivity index (χ1v) is 5.08. The Morgan fingerprint density at radius 2 is 1.71 bits per heavy atom. The van der Waals surface area contributed by atoms with Gasteiger partial charge in [-0.2, -0.15) is 0 Å². The molecule has 2 heteroatoms. The fourth-order valence-corrected chi connectivity index (χ4v) is 1.54. The normalized spacial score (nSPS) is 17.4. The first-order chi connectivity index (χ1) is 6.66. The van der Waals surface area contributed by atoms with E-state index < -0.39 is 12.2 Å². The minimum atomic E-state index is -0.578. The van der Waals surface area contributed by atoms with E-state index in [0.717, 1.165) is 5.56 Å². The molecule has 2 nitrogen and oxygen atoms in total. The van der Waals surface area contributed by atoms with Crippen LogP contribution in [-0.2, 0) is 0 Å². The summed E-state index contributed by atoms with van der Waals surface area (Å²) in [4.78, 5) is 0. The molecule has 0 aliphatic rings. The summed E-state index contributed by atoms with van der Waals surface area (Å²) in [5.74, 6) is -0.123. The van der Waals surface area contributed by atoms with E-state index >= 15 is 0 Å². The lowest BCUT2D eigenvalue weighted by atomic mass is 9.91. The third kappa shape index (κ3) is 2.56. The van der Waals surface area contributed by atoms with Gasteiger partial charge in [0.25, 0.3) is 0 Å². The Balaban J connectivity index is 2.70. The van der Waals surface area contributed by atoms with Crippen molar-refractivity contribution in [2.45, 2.75) is 32.5 Å². The second kappa shape index (κ2) is 5.13. The Morgan fingerprint density at radius 1 is 1.14 bits per heavy atom. The highest BCUT2D eigenvalue weighted by Crippen LogP contribution is 2.25. The molecule has 0 unspecified atom stereocenters. The fraction of sp³-hybridized carbons (Fsp3) is 0.500. The minimum Gasteiger partial charge on any atom is -0.393 e. The van der Waals surface area contributed by atoms with E-state index in [0.29, 0.717) is 6.42 Å². The Kier molecular flexibility index (Phi) is 4.11. The molecule has 0 bridgehead atoms. The van der Waals surface area contributed by atoms with Crippen LogP contribution < -0.4 is 0 Å². The molecule has 0 radical (unpaired) electrons. The van der Waals surface area contributed by atoms with Crippen molar-refractivity contribution in [3.63, 3.8) is 0 Å². The van der Waals surface area contributed by atoms with Crippen LogP contribution in [0.1, 0.15) is 31.9 Å². The monoisotopic (exact) mass is 194 g/mol. The van der Waals surface area contributed by atoms with E-state index in [2.05, 4.69) is 0 Å². The van der Waals surface area contributed by atoms with Crippen LogP contribution >= 0.6 is 0 Å². The summed E-state index contributed by atoms with van der Waals surface area (Å²) < 4.78 is 0. The second-order valence-electron chi connectivity index (χ2n) is 3.69. The lowest BCUT2D eigenvalue weighted by molar-refractivity contribution is 0.0192. The first-order valence-electron chi connectivity index (χ1n) is 5.08. The van der Waals surface area contributed by atoms with Crippen molar-refractivity contribution in [1.29, 1.82) is 0 Å². The van der Waals surface area contributed by atoms with E-state index in [4.69, 9.17) is 0 Å². The molecule has 2 N–H and O–H groups in total. The zero-order valence-electron chi connectivity index (χ0n) is 8.72. The molecule has 1 aromatic rings. The molecule has 0 amide bonds. The zero-order valence-corrected chi connectivity index (χ0v) is 8.72. The summed E-state index contributed by atoms with van der Waals surface area (Å²) in [6, 6.07) is 9.46. The fourth-order valence-electron chi connectivity index (χ4n) is 1.54. The van der Waals surface area contributed by atoms with E-state index in [-0.39, 0.29) is 5.92 Å². The molecule has 0 saturated heterocycles. The van der Waals surface area contributed by atoms with Gasteiger partial charge in [0, 0.05) is 5.92 Å². The predicted molar refractivity (Wildman–Crippen MR) is 56.9 cm³/mol. The largest absolute Gasteiger partial charge is 0.393 e. The summed E-state index contributed by atoms with van der Waals surface area (Å²) >= 11 is 0. The van der Waals surface area contributed by atoms with Gasteiger partial charge >= 0.3 is 0 Å². The van der Waals surface area contributed by atoms with Crippen LogP contribution in [0.5, 0.6) is 0 Å². The lowest BCUT2D eigenvalue weighted by Gasteiger charge is -2.23. The van der Waals surface area contributed by atoms with Gasteiger partial charge in [0.1, 0.15) is 0 Å². The van der Waals surface area contributed by atoms with Crippen molar-refractivity contribution < 1.29 is 10.2 Å². The van der Waals surface area contributed by atoms with Crippen LogP contribution in [0.3, 0.4) is 0 Å². The van der Waals surface area contributed by atoms with Gasteiger partial charge in [0.2, 0.25) is 0 Å². The number of aliphatic hydroxyl groups is 2. The number of benzene rings is 1. The second-order valence-corrected chi connectivity index (χ2v) is 3.69. The quantitative estimate of drug-likeness (QED) is 0.770. The van der Waals surface area contributed by atoms with Crippen molar-refractivity contribution in [1.82, 2.24) is 0 Å². The van der Waals surface area contributed by atoms with Crippen LogP contribution in [0.15, 0.2) is 30.3 Å². The van der Waals surface area contributed by atoms with Crippen molar-refractivity contribution in [2.24, 2.45) is 5.92 Å². The van der Waals surface area contributed by atoms with Gasteiger partial charge in [-0.1, -0.05) is 44.2 Å². The molecule has 0 heterocycles. The predicted octanol–water partition coefficient (Wildman–Crippen LogP) is 2.13. The summed E-state index contributed by atoms with van der Waals surface area (Å²) in [7, 11) is 0. The van der Waals surface area contributed by atoms with Gasteiger partial charge in [-0.15, -0.1) is 0 Å². The molecule has 0 aliphatic heterocycles. The molecule has 1 aromatic carbocycles. The van der Waals surface area contributed by atoms with Gasteiger partial charge in [-0.25, -0.2) is 0 Å². The first kappa shape index (κ1) is 11.2. The summed E-state index contributed by atoms with van der Waals surface area (Å²) in [6.45, 7) is 3.78. The van der Waals surface area contributed by atoms with E-state index in [1.165, 1.54) is 0 Å². The molecule has 0 aliphatic carbocycles. The van der Waals surface area contributed by atoms with E-state index in [1.807, 2.05) is 44.2 Å². The van der Waals surface area contributed by atoms with Gasteiger partial charge in [-0.3, -0.25) is 0 Å². The molecule has 0 fully saturated rings. The van der Waals surface area contributed by atoms with Crippen LogP contribution in [0, 0.1) is 5.92 Å². The average molecular weight is 194 g/mol. The highest BCUT2D eigenvalue weighted by molar-refractivity contribution is 5.18. The number of hydrogen-bond acceptors (Lipinski definition) is 2. The van der Waals surface area contributed by atoms with E-state index in [1.54, 1.807) is 0 Å². The van der Waals surface area contributed by atoms with Crippen molar-refractivity contribution >= 4 is 0 Å². The lowest BCUT2D eigenvalue weighted by Crippen LogP contribution is -2.23. The van der Waals surface area contributed by atoms with Crippen molar-refractivity contribution in [2.75, 3.05) is 0 Å². The molecule has 14 heavy (non-hydrogen) atoms. The molecule has 78 valence electrons. The van der Waals surface area contributed by atoms with Crippen LogP contribution in [-0.4, -0.2) is 16.3 Å². The van der Waals surface area contributed by atoms with Gasteiger partial charge < -0.3 is 10.2 Å². The molecule has 1 rings (SSSR count). The van der Waals surface area contributed by atoms with Crippen LogP contribution in [0.25, 0.3) is 0 Å². The van der Waals surface area contributed by atoms with Gasteiger partial charge in [0.05, 0.1) is 12.2 Å². The number of aliphatic hydroxyl groups excluding tert-OH is 2. The minimum absolute atomic E-state index is 0.123. The summed E-state index contributed by atoms with van der Waals surface area (Å²) in [6.07, 6.45) is -0.346. The van der Waals surface area contributed by atoms with Crippen molar-refractivity contribution in [3.05, 3.63) is 35.9 Å². The third-order valence-electron chi connectivity index (χ3n) is 2.66. The number of rotatable bonds is 4. The van der Waals surface area contributed by atoms with Crippen LogP contribution in [0.2, 0.25) is 0 Å². The molecule has 0 saturated carbocycles. The highest BCUT2D eigenvalue weighted by atomic mass is 16.3. The maximum atomic E-state index is 9.93. The van der Waals surface area contributed by atoms with E-state index in [9.17, 15) is 10.2 Å². The topological polar surface area (TPSA) is 40.5 Å². The van der Waals surface area contributed by atoms with Gasteiger partial charge in [-0.05, 0) is 12.0 Å². The Hall–Kier alpha value is -0.860. The Morgan fingerprint density at radius 3 is 2.21 bits per heavy atom. The maximum Gasteiger partial charge on any atom is 0.0840 e. The standard InChI is InChI=1S/C12H18O2/c1-3-11(13)9(2)12(14)10-7-5-4-6-8-10/h4-9,11-14H,3H2,1-2H3/t9-,11-,12-/m0/s1. The molecule has 0 spiro atoms. The third-order valence-corrected chi connectivity index (χ3v) is 2.66. The molecular formula is C12H18O2. The Labute approximate surface area is 85.2 Å². The number of hydrogen-bond donors (Lipinski definition) is 2. The smallest absolute Gasteiger partial charge is 0.0840 e. The highest BCUT2D eigenvalue weighted by Gasteiger charge is 2.21. The molecular weight excluding hydrogens is 176 g/mol. The van der Waals surface area contributed by atoms with Crippen LogP contribution in [0.4, 0.5) is 0 Å². The van der Waals surface area contributed by atoms with Crippen molar-refractivity contribution in [3.8, 4) is 0 Å². The van der Waals surface area contributed by atoms with Gasteiger partial charge in [0.15, 0.2) is 0 Å². The average Bonchev–Trinajstić information content (AvgIpc) is 2.27. The SMILES string of the molecule is CC[C@H](O)[C@H](C)[C@H](O)c1ccccc1. The summed E-state index contributed by atoms with van der Waals surface area (Å²) in [5, 5.41) is 19.5. The maximum absolute atomic E-state index is 9.93. The molecule has 0 aromatic heterocycles.